The number of ether oxygens (including phenoxy) is 1. The molecule has 0 atom stereocenters. The minimum absolute atomic E-state index is 0.0995. The Kier molecular flexibility index (Phi) is 3.74. The lowest BCUT2D eigenvalue weighted by Gasteiger charge is -2.02. The summed E-state index contributed by atoms with van der Waals surface area (Å²) in [4.78, 5) is 16.6. The fraction of sp³-hybridized carbons (Fsp3) is 0.111. The number of nitrogens with one attached hydrogen (secondary N) is 1. The number of carbonyl (C=O) groups is 1. The van der Waals surface area contributed by atoms with Crippen molar-refractivity contribution in [2.45, 2.75) is 13.5 Å². The second kappa shape index (κ2) is 6.20. The Morgan fingerprint density at radius 2 is 2.08 bits per heavy atom. The van der Waals surface area contributed by atoms with Crippen molar-refractivity contribution < 1.29 is 9.53 Å². The molecule has 3 heterocycles. The molecule has 0 saturated heterocycles. The highest BCUT2D eigenvalue weighted by atomic mass is 16.5. The van der Waals surface area contributed by atoms with E-state index in [2.05, 4.69) is 20.3 Å². The lowest BCUT2D eigenvalue weighted by atomic mass is 10.1. The summed E-state index contributed by atoms with van der Waals surface area (Å²) >= 11 is 0. The van der Waals surface area contributed by atoms with Crippen LogP contribution in [0.2, 0.25) is 0 Å². The number of aryl methyl sites for hydroxylation is 1. The normalized spacial score (nSPS) is 10.9. The van der Waals surface area contributed by atoms with Crippen LogP contribution in [-0.4, -0.2) is 30.8 Å². The van der Waals surface area contributed by atoms with Gasteiger partial charge in [0.15, 0.2) is 5.65 Å². The van der Waals surface area contributed by atoms with Crippen LogP contribution in [0.5, 0.6) is 0 Å². The van der Waals surface area contributed by atoms with Gasteiger partial charge in [-0.05, 0) is 19.1 Å². The third kappa shape index (κ3) is 2.87. The van der Waals surface area contributed by atoms with Crippen molar-refractivity contribution in [2.24, 2.45) is 0 Å². The smallest absolute Gasteiger partial charge is 0.344 e. The number of H-pyrrole nitrogens is 1. The molecule has 0 aliphatic carbocycles. The van der Waals surface area contributed by atoms with Gasteiger partial charge in [-0.1, -0.05) is 30.3 Å². The number of benzene rings is 1. The van der Waals surface area contributed by atoms with Gasteiger partial charge < -0.3 is 4.74 Å². The third-order valence-corrected chi connectivity index (χ3v) is 3.83. The number of nitrogens with zero attached hydrogens (tertiary/aromatic N) is 4. The highest BCUT2D eigenvalue weighted by Crippen LogP contribution is 2.18. The highest BCUT2D eigenvalue weighted by Gasteiger charge is 2.19. The van der Waals surface area contributed by atoms with Gasteiger partial charge in [-0.15, -0.1) is 0 Å². The monoisotopic (exact) mass is 333 g/mol. The van der Waals surface area contributed by atoms with Crippen molar-refractivity contribution in [3.63, 3.8) is 0 Å². The average molecular weight is 333 g/mol. The molecule has 7 heteroatoms. The minimum atomic E-state index is -0.456. The molecule has 25 heavy (non-hydrogen) atoms. The van der Waals surface area contributed by atoms with Gasteiger partial charge in [-0.2, -0.15) is 10.2 Å². The first kappa shape index (κ1) is 15.1. The van der Waals surface area contributed by atoms with E-state index in [4.69, 9.17) is 4.74 Å². The number of carbonyl (C=O) groups excluding carboxylic acids is 1. The van der Waals surface area contributed by atoms with E-state index in [1.54, 1.807) is 29.9 Å². The fourth-order valence-electron chi connectivity index (χ4n) is 2.64. The van der Waals surface area contributed by atoms with Crippen molar-refractivity contribution in [1.82, 2.24) is 24.8 Å². The molecule has 4 aromatic rings. The van der Waals surface area contributed by atoms with Crippen LogP contribution in [0.4, 0.5) is 0 Å². The third-order valence-electron chi connectivity index (χ3n) is 3.83. The van der Waals surface area contributed by atoms with Gasteiger partial charge in [0, 0.05) is 18.0 Å². The van der Waals surface area contributed by atoms with E-state index in [0.717, 1.165) is 11.3 Å². The molecule has 7 nitrogen and oxygen atoms in total. The first-order valence-corrected chi connectivity index (χ1v) is 7.79. The van der Waals surface area contributed by atoms with Crippen LogP contribution in [0.1, 0.15) is 21.7 Å². The Bertz CT molecular complexity index is 1040. The van der Waals surface area contributed by atoms with Gasteiger partial charge in [0.25, 0.3) is 0 Å². The highest BCUT2D eigenvalue weighted by molar-refractivity contribution is 5.97. The second-order valence-corrected chi connectivity index (χ2v) is 5.57. The summed E-state index contributed by atoms with van der Waals surface area (Å²) in [7, 11) is 0. The zero-order valence-electron chi connectivity index (χ0n) is 13.5. The fourth-order valence-corrected chi connectivity index (χ4v) is 2.64. The Morgan fingerprint density at radius 1 is 1.24 bits per heavy atom. The number of rotatable bonds is 4. The molecular weight excluding hydrogens is 318 g/mol. The summed E-state index contributed by atoms with van der Waals surface area (Å²) < 4.78 is 6.97. The molecule has 1 aromatic carbocycles. The van der Waals surface area contributed by atoms with Crippen LogP contribution < -0.4 is 0 Å². The molecule has 0 spiro atoms. The largest absolute Gasteiger partial charge is 0.455 e. The van der Waals surface area contributed by atoms with E-state index in [1.165, 1.54) is 0 Å². The van der Waals surface area contributed by atoms with E-state index in [1.807, 2.05) is 36.4 Å². The maximum absolute atomic E-state index is 12.4. The van der Waals surface area contributed by atoms with E-state index in [0.29, 0.717) is 22.6 Å². The number of esters is 1. The molecule has 0 bridgehead atoms. The summed E-state index contributed by atoms with van der Waals surface area (Å²) in [6.45, 7) is 1.86. The zero-order chi connectivity index (χ0) is 17.2. The first-order valence-electron chi connectivity index (χ1n) is 7.79. The average Bonchev–Trinajstić information content (AvgIpc) is 3.24. The quantitative estimate of drug-likeness (QED) is 0.580. The molecule has 124 valence electrons. The summed E-state index contributed by atoms with van der Waals surface area (Å²) in [6, 6.07) is 13.4. The van der Waals surface area contributed by atoms with Crippen LogP contribution in [0.25, 0.3) is 16.9 Å². The van der Waals surface area contributed by atoms with Crippen molar-refractivity contribution >= 4 is 11.6 Å². The Hall–Kier alpha value is -3.48. The zero-order valence-corrected chi connectivity index (χ0v) is 13.5. The molecule has 0 unspecified atom stereocenters. The number of aromatic amines is 1. The number of hydrogen-bond donors (Lipinski definition) is 1. The molecule has 0 amide bonds. The minimum Gasteiger partial charge on any atom is -0.455 e. The van der Waals surface area contributed by atoms with E-state index >= 15 is 0 Å². The summed E-state index contributed by atoms with van der Waals surface area (Å²) in [5.74, 6) is -0.456. The lowest BCUT2D eigenvalue weighted by molar-refractivity contribution is 0.0469. The molecule has 0 saturated carbocycles. The molecule has 0 fully saturated rings. The van der Waals surface area contributed by atoms with Crippen LogP contribution >= 0.6 is 0 Å². The summed E-state index contributed by atoms with van der Waals surface area (Å²) in [5, 5.41) is 11.4. The predicted molar refractivity (Wildman–Crippen MR) is 90.9 cm³/mol. The van der Waals surface area contributed by atoms with Crippen LogP contribution in [-0.2, 0) is 11.3 Å². The summed E-state index contributed by atoms with van der Waals surface area (Å²) in [6.07, 6.45) is 3.36. The van der Waals surface area contributed by atoms with Gasteiger partial charge in [0.1, 0.15) is 12.2 Å². The van der Waals surface area contributed by atoms with Crippen molar-refractivity contribution in [2.75, 3.05) is 0 Å². The van der Waals surface area contributed by atoms with Gasteiger partial charge in [0.05, 0.1) is 17.1 Å². The van der Waals surface area contributed by atoms with Gasteiger partial charge >= 0.3 is 5.97 Å². The molecule has 1 N–H and O–H groups in total. The van der Waals surface area contributed by atoms with Gasteiger partial charge in [-0.3, -0.25) is 5.10 Å². The first-order chi connectivity index (χ1) is 12.2. The van der Waals surface area contributed by atoms with Gasteiger partial charge in [-0.25, -0.2) is 14.3 Å². The topological polar surface area (TPSA) is 85.2 Å². The Morgan fingerprint density at radius 3 is 2.92 bits per heavy atom. The number of fused-ring (bicyclic) bond motifs is 1. The van der Waals surface area contributed by atoms with Crippen LogP contribution in [0, 0.1) is 6.92 Å². The lowest BCUT2D eigenvalue weighted by Crippen LogP contribution is -2.07. The van der Waals surface area contributed by atoms with E-state index in [9.17, 15) is 4.79 Å². The molecule has 3 aromatic heterocycles. The maximum Gasteiger partial charge on any atom is 0.344 e. The SMILES string of the molecule is Cc1nn2cccnc2c1C(=O)OCc1cc(-c2ccccc2)n[nH]1. The number of hydrogen-bond acceptors (Lipinski definition) is 5. The molecule has 0 radical (unpaired) electrons. The van der Waals surface area contributed by atoms with Crippen molar-refractivity contribution in [3.8, 4) is 11.3 Å². The molecule has 4 rings (SSSR count). The maximum atomic E-state index is 12.4. The standard InChI is InChI=1S/C18H15N5O2/c1-12-16(17-19-8-5-9-23(17)22-12)18(24)25-11-14-10-15(21-20-14)13-6-3-2-4-7-13/h2-10H,11H2,1H3,(H,20,21). The van der Waals surface area contributed by atoms with Gasteiger partial charge in [0.2, 0.25) is 0 Å². The van der Waals surface area contributed by atoms with Crippen LogP contribution in [0.15, 0.2) is 54.9 Å². The van der Waals surface area contributed by atoms with Crippen molar-refractivity contribution in [1.29, 1.82) is 0 Å². The van der Waals surface area contributed by atoms with E-state index < -0.39 is 5.97 Å². The second-order valence-electron chi connectivity index (χ2n) is 5.57. The molecule has 0 aliphatic rings. The molecular formula is C18H15N5O2. The van der Waals surface area contributed by atoms with E-state index in [-0.39, 0.29) is 6.61 Å². The molecule has 0 aliphatic heterocycles. The summed E-state index contributed by atoms with van der Waals surface area (Å²) in [5.41, 5.74) is 3.97. The Balaban J connectivity index is 1.51. The Labute approximate surface area is 143 Å². The predicted octanol–water partition coefficient (Wildman–Crippen LogP) is 2.78. The van der Waals surface area contributed by atoms with Crippen molar-refractivity contribution in [3.05, 3.63) is 71.8 Å². The van der Waals surface area contributed by atoms with Crippen LogP contribution in [0.3, 0.4) is 0 Å². The number of aromatic nitrogens is 5.